The van der Waals surface area contributed by atoms with Crippen LogP contribution in [0.15, 0.2) is 36.4 Å². The van der Waals surface area contributed by atoms with Gasteiger partial charge in [0.1, 0.15) is 5.75 Å². The number of rotatable bonds is 7. The fraction of sp³-hybridized carbons (Fsp3) is 0.389. The van der Waals surface area contributed by atoms with Crippen molar-refractivity contribution in [3.05, 3.63) is 42.0 Å². The number of hydrogen-bond donors (Lipinski definition) is 1. The number of carbonyl (C=O) groups excluding carboxylic acids is 1. The van der Waals surface area contributed by atoms with Crippen molar-refractivity contribution in [3.8, 4) is 5.75 Å². The number of nitrogens with two attached hydrogens (primary N) is 1. The van der Waals surface area contributed by atoms with E-state index in [1.807, 2.05) is 37.3 Å². The van der Waals surface area contributed by atoms with E-state index >= 15 is 0 Å². The number of ether oxygens (including phenoxy) is 1. The number of methoxy groups -OCH3 is 1. The molecular weight excluding hydrogens is 389 g/mol. The molecule has 4 heteroatoms. The summed E-state index contributed by atoms with van der Waals surface area (Å²) in [6.45, 7) is 1.95. The summed E-state index contributed by atoms with van der Waals surface area (Å²) in [5.74, 6) is 0.578. The number of alkyl halides is 1. The Morgan fingerprint density at radius 3 is 2.50 bits per heavy atom. The van der Waals surface area contributed by atoms with E-state index in [-0.39, 0.29) is 5.91 Å². The van der Waals surface area contributed by atoms with Crippen LogP contribution in [0.3, 0.4) is 0 Å². The maximum absolute atomic E-state index is 12.1. The molecule has 0 aliphatic heterocycles. The maximum atomic E-state index is 12.1. The molecule has 0 radical (unpaired) electrons. The first-order chi connectivity index (χ1) is 10.5. The molecule has 0 bridgehead atoms. The molecule has 118 valence electrons. The van der Waals surface area contributed by atoms with Crippen molar-refractivity contribution >= 4 is 39.3 Å². The van der Waals surface area contributed by atoms with Gasteiger partial charge in [0, 0.05) is 0 Å². The molecule has 22 heavy (non-hydrogen) atoms. The summed E-state index contributed by atoms with van der Waals surface area (Å²) < 4.78 is 6.35. The van der Waals surface area contributed by atoms with Crippen LogP contribution in [-0.2, 0) is 10.2 Å². The Morgan fingerprint density at radius 1 is 1.18 bits per heavy atom. The standard InChI is InChI=1S/C18H22INO2/c1-18(17(20)21,9-3-4-10-19)15-7-5-14-12-16(22-2)8-6-13(14)11-15/h5-8,11-12H,3-4,9-10H2,1-2H3,(H2,20,21). The molecule has 0 aliphatic rings. The molecule has 2 aromatic rings. The van der Waals surface area contributed by atoms with Gasteiger partial charge in [0.25, 0.3) is 0 Å². The minimum atomic E-state index is -0.611. The number of carbonyl (C=O) groups is 1. The largest absolute Gasteiger partial charge is 0.497 e. The van der Waals surface area contributed by atoms with Crippen molar-refractivity contribution in [3.63, 3.8) is 0 Å². The molecule has 0 heterocycles. The fourth-order valence-corrected chi connectivity index (χ4v) is 3.22. The van der Waals surface area contributed by atoms with Crippen LogP contribution in [0.4, 0.5) is 0 Å². The van der Waals surface area contributed by atoms with E-state index in [0.717, 1.165) is 45.8 Å². The summed E-state index contributed by atoms with van der Waals surface area (Å²) in [4.78, 5) is 12.1. The highest BCUT2D eigenvalue weighted by atomic mass is 127. The van der Waals surface area contributed by atoms with Gasteiger partial charge in [0.15, 0.2) is 0 Å². The van der Waals surface area contributed by atoms with Crippen molar-refractivity contribution < 1.29 is 9.53 Å². The molecule has 0 spiro atoms. The number of hydrogen-bond acceptors (Lipinski definition) is 2. The molecule has 2 N–H and O–H groups in total. The van der Waals surface area contributed by atoms with E-state index in [4.69, 9.17) is 10.5 Å². The highest BCUT2D eigenvalue weighted by Crippen LogP contribution is 2.32. The Hall–Kier alpha value is -1.30. The quantitative estimate of drug-likeness (QED) is 0.422. The SMILES string of the molecule is COc1ccc2cc(C(C)(CCCCI)C(N)=O)ccc2c1. The van der Waals surface area contributed by atoms with E-state index in [9.17, 15) is 4.79 Å². The zero-order valence-electron chi connectivity index (χ0n) is 13.1. The Labute approximate surface area is 145 Å². The van der Waals surface area contributed by atoms with Gasteiger partial charge in [-0.3, -0.25) is 4.79 Å². The van der Waals surface area contributed by atoms with Crippen molar-refractivity contribution in [1.29, 1.82) is 0 Å². The van der Waals surface area contributed by atoms with E-state index in [0.29, 0.717) is 0 Å². The second-order valence-electron chi connectivity index (χ2n) is 5.77. The molecule has 1 amide bonds. The normalized spacial score (nSPS) is 13.8. The Balaban J connectivity index is 2.39. The Morgan fingerprint density at radius 2 is 1.86 bits per heavy atom. The molecule has 3 nitrogen and oxygen atoms in total. The maximum Gasteiger partial charge on any atom is 0.227 e. The average Bonchev–Trinajstić information content (AvgIpc) is 2.53. The highest BCUT2D eigenvalue weighted by Gasteiger charge is 2.32. The predicted octanol–water partition coefficient (Wildman–Crippen LogP) is 4.20. The van der Waals surface area contributed by atoms with Gasteiger partial charge < -0.3 is 10.5 Å². The van der Waals surface area contributed by atoms with E-state index in [2.05, 4.69) is 28.7 Å². The van der Waals surface area contributed by atoms with Crippen molar-refractivity contribution in [2.24, 2.45) is 5.73 Å². The van der Waals surface area contributed by atoms with Crippen LogP contribution in [0.25, 0.3) is 10.8 Å². The van der Waals surface area contributed by atoms with Gasteiger partial charge >= 0.3 is 0 Å². The van der Waals surface area contributed by atoms with Gasteiger partial charge in [0.2, 0.25) is 5.91 Å². The van der Waals surface area contributed by atoms with Crippen LogP contribution in [-0.4, -0.2) is 17.4 Å². The third kappa shape index (κ3) is 3.54. The lowest BCUT2D eigenvalue weighted by Crippen LogP contribution is -2.38. The third-order valence-corrected chi connectivity index (χ3v) is 5.05. The van der Waals surface area contributed by atoms with E-state index in [1.165, 1.54) is 0 Å². The first-order valence-electron chi connectivity index (χ1n) is 7.45. The first kappa shape index (κ1) is 17.1. The summed E-state index contributed by atoms with van der Waals surface area (Å²) in [7, 11) is 1.66. The number of unbranched alkanes of at least 4 members (excludes halogenated alkanes) is 1. The van der Waals surface area contributed by atoms with Crippen molar-refractivity contribution in [2.45, 2.75) is 31.6 Å². The van der Waals surface area contributed by atoms with Crippen LogP contribution in [0.5, 0.6) is 5.75 Å². The highest BCUT2D eigenvalue weighted by molar-refractivity contribution is 14.1. The average molecular weight is 411 g/mol. The van der Waals surface area contributed by atoms with Crippen LogP contribution in [0.1, 0.15) is 31.7 Å². The summed E-state index contributed by atoms with van der Waals surface area (Å²) in [5, 5.41) is 2.20. The lowest BCUT2D eigenvalue weighted by atomic mass is 9.77. The van der Waals surface area contributed by atoms with Crippen LogP contribution in [0, 0.1) is 0 Å². The van der Waals surface area contributed by atoms with Gasteiger partial charge in [-0.15, -0.1) is 0 Å². The van der Waals surface area contributed by atoms with Gasteiger partial charge in [-0.25, -0.2) is 0 Å². The molecule has 0 fully saturated rings. The van der Waals surface area contributed by atoms with Crippen LogP contribution < -0.4 is 10.5 Å². The minimum Gasteiger partial charge on any atom is -0.497 e. The number of primary amides is 1. The monoisotopic (exact) mass is 411 g/mol. The molecule has 1 unspecified atom stereocenters. The van der Waals surface area contributed by atoms with E-state index < -0.39 is 5.41 Å². The lowest BCUT2D eigenvalue weighted by Gasteiger charge is -2.27. The fourth-order valence-electron chi connectivity index (χ4n) is 2.68. The summed E-state index contributed by atoms with van der Waals surface area (Å²) in [6.07, 6.45) is 2.89. The van der Waals surface area contributed by atoms with E-state index in [1.54, 1.807) is 7.11 Å². The van der Waals surface area contributed by atoms with Crippen molar-refractivity contribution in [2.75, 3.05) is 11.5 Å². The van der Waals surface area contributed by atoms with Crippen molar-refractivity contribution in [1.82, 2.24) is 0 Å². The molecule has 0 aromatic heterocycles. The van der Waals surface area contributed by atoms with Gasteiger partial charge in [0.05, 0.1) is 12.5 Å². The van der Waals surface area contributed by atoms with Gasteiger partial charge in [-0.1, -0.05) is 53.3 Å². The van der Waals surface area contributed by atoms with Crippen LogP contribution >= 0.6 is 22.6 Å². The second-order valence-corrected chi connectivity index (χ2v) is 6.85. The molecule has 1 atom stereocenters. The minimum absolute atomic E-state index is 0.256. The number of amides is 1. The van der Waals surface area contributed by atoms with Crippen LogP contribution in [0.2, 0.25) is 0 Å². The molecule has 0 aliphatic carbocycles. The molecule has 2 aromatic carbocycles. The zero-order chi connectivity index (χ0) is 16.2. The summed E-state index contributed by atoms with van der Waals surface area (Å²) >= 11 is 2.36. The Bertz CT molecular complexity index is 671. The zero-order valence-corrected chi connectivity index (χ0v) is 15.2. The smallest absolute Gasteiger partial charge is 0.227 e. The number of benzene rings is 2. The predicted molar refractivity (Wildman–Crippen MR) is 99.8 cm³/mol. The lowest BCUT2D eigenvalue weighted by molar-refractivity contribution is -0.123. The first-order valence-corrected chi connectivity index (χ1v) is 8.98. The topological polar surface area (TPSA) is 52.3 Å². The molecule has 2 rings (SSSR count). The summed E-state index contributed by atoms with van der Waals surface area (Å²) in [6, 6.07) is 12.1. The summed E-state index contributed by atoms with van der Waals surface area (Å²) in [5.41, 5.74) is 6.09. The van der Waals surface area contributed by atoms with Gasteiger partial charge in [-0.05, 0) is 52.7 Å². The third-order valence-electron chi connectivity index (χ3n) is 4.29. The molecule has 0 saturated carbocycles. The Kier molecular flexibility index (Phi) is 5.67. The second kappa shape index (κ2) is 7.31. The number of fused-ring (bicyclic) bond motifs is 1. The molecule has 0 saturated heterocycles. The number of halogens is 1. The van der Waals surface area contributed by atoms with Gasteiger partial charge in [-0.2, -0.15) is 0 Å². The molecular formula is C18H22INO2.